The summed E-state index contributed by atoms with van der Waals surface area (Å²) in [5.74, 6) is 0.979. The number of hydrogen-bond donors (Lipinski definition) is 1. The molecule has 1 aromatic carbocycles. The first kappa shape index (κ1) is 14.0. The Kier molecular flexibility index (Phi) is 5.01. The Balaban J connectivity index is 3.02. The van der Waals surface area contributed by atoms with Gasteiger partial charge >= 0.3 is 0 Å². The number of hydrogen-bond acceptors (Lipinski definition) is 2. The lowest BCUT2D eigenvalue weighted by Crippen LogP contribution is -2.31. The third-order valence-electron chi connectivity index (χ3n) is 3.42. The maximum absolute atomic E-state index is 5.94. The Morgan fingerprint density at radius 3 is 2.47 bits per heavy atom. The normalized spacial score (nSPS) is 14.4. The van der Waals surface area contributed by atoms with Crippen LogP contribution in [0, 0.1) is 6.92 Å². The van der Waals surface area contributed by atoms with Crippen LogP contribution in [-0.4, -0.2) is 13.2 Å². The van der Waals surface area contributed by atoms with Crippen LogP contribution in [0.1, 0.15) is 44.7 Å². The molecule has 0 radical (unpaired) electrons. The molecule has 2 heteroatoms. The average molecular weight is 235 g/mol. The third kappa shape index (κ3) is 3.22. The van der Waals surface area contributed by atoms with E-state index in [1.54, 1.807) is 0 Å². The molecule has 96 valence electrons. The lowest BCUT2D eigenvalue weighted by molar-refractivity contribution is 0.337. The highest BCUT2D eigenvalue weighted by Crippen LogP contribution is 2.31. The largest absolute Gasteiger partial charge is 0.494 e. The van der Waals surface area contributed by atoms with Crippen molar-refractivity contribution < 1.29 is 4.74 Å². The molecule has 0 aliphatic heterocycles. The summed E-state index contributed by atoms with van der Waals surface area (Å²) in [7, 11) is 0. The SMILES string of the molecule is CCCC(C)(CN)c1ccc(OCC)c(C)c1. The maximum atomic E-state index is 5.94. The Bertz CT molecular complexity index is 362. The first-order valence-corrected chi connectivity index (χ1v) is 6.51. The van der Waals surface area contributed by atoms with E-state index in [1.165, 1.54) is 11.1 Å². The predicted octanol–water partition coefficient (Wildman–Crippen LogP) is 3.41. The molecule has 0 spiro atoms. The second-order valence-electron chi connectivity index (χ2n) is 4.93. The van der Waals surface area contributed by atoms with E-state index in [2.05, 4.69) is 39.0 Å². The lowest BCUT2D eigenvalue weighted by atomic mass is 9.78. The minimum atomic E-state index is 0.0876. The number of rotatable bonds is 6. The monoisotopic (exact) mass is 235 g/mol. The zero-order valence-electron chi connectivity index (χ0n) is 11.5. The van der Waals surface area contributed by atoms with Crippen LogP contribution in [-0.2, 0) is 5.41 Å². The Morgan fingerprint density at radius 2 is 2.00 bits per heavy atom. The Morgan fingerprint density at radius 1 is 1.29 bits per heavy atom. The van der Waals surface area contributed by atoms with Crippen molar-refractivity contribution in [2.75, 3.05) is 13.2 Å². The maximum Gasteiger partial charge on any atom is 0.122 e. The lowest BCUT2D eigenvalue weighted by Gasteiger charge is -2.29. The van der Waals surface area contributed by atoms with Crippen molar-refractivity contribution in [2.24, 2.45) is 5.73 Å². The molecule has 0 aliphatic rings. The van der Waals surface area contributed by atoms with Gasteiger partial charge in [0.25, 0.3) is 0 Å². The van der Waals surface area contributed by atoms with E-state index in [1.807, 2.05) is 6.92 Å². The van der Waals surface area contributed by atoms with E-state index in [0.29, 0.717) is 13.2 Å². The molecule has 0 bridgehead atoms. The average Bonchev–Trinajstić information content (AvgIpc) is 2.32. The molecule has 1 rings (SSSR count). The molecule has 0 amide bonds. The molecule has 1 atom stereocenters. The molecule has 0 aromatic heterocycles. The van der Waals surface area contributed by atoms with Crippen molar-refractivity contribution >= 4 is 0 Å². The Labute approximate surface area is 105 Å². The van der Waals surface area contributed by atoms with Crippen molar-refractivity contribution in [3.05, 3.63) is 29.3 Å². The van der Waals surface area contributed by atoms with Gasteiger partial charge in [0.1, 0.15) is 5.75 Å². The second kappa shape index (κ2) is 6.06. The molecule has 0 fully saturated rings. The molecular weight excluding hydrogens is 210 g/mol. The van der Waals surface area contributed by atoms with Gasteiger partial charge in [-0.3, -0.25) is 0 Å². The number of benzene rings is 1. The number of ether oxygens (including phenoxy) is 1. The quantitative estimate of drug-likeness (QED) is 0.820. The fraction of sp³-hybridized carbons (Fsp3) is 0.600. The van der Waals surface area contributed by atoms with E-state index in [-0.39, 0.29) is 5.41 Å². The van der Waals surface area contributed by atoms with Gasteiger partial charge in [-0.2, -0.15) is 0 Å². The van der Waals surface area contributed by atoms with Crippen LogP contribution in [0.3, 0.4) is 0 Å². The first-order chi connectivity index (χ1) is 8.07. The Hall–Kier alpha value is -1.02. The van der Waals surface area contributed by atoms with Crippen molar-refractivity contribution in [1.29, 1.82) is 0 Å². The van der Waals surface area contributed by atoms with Gasteiger partial charge in [-0.1, -0.05) is 32.4 Å². The van der Waals surface area contributed by atoms with Gasteiger partial charge in [0, 0.05) is 12.0 Å². The molecule has 1 unspecified atom stereocenters. The molecule has 1 aromatic rings. The molecule has 0 saturated carbocycles. The van der Waals surface area contributed by atoms with E-state index in [0.717, 1.165) is 18.6 Å². The van der Waals surface area contributed by atoms with E-state index < -0.39 is 0 Å². The fourth-order valence-electron chi connectivity index (χ4n) is 2.26. The van der Waals surface area contributed by atoms with Gasteiger partial charge in [0.15, 0.2) is 0 Å². The van der Waals surface area contributed by atoms with Gasteiger partial charge in [0.2, 0.25) is 0 Å². The van der Waals surface area contributed by atoms with Gasteiger partial charge in [0.05, 0.1) is 6.61 Å². The minimum Gasteiger partial charge on any atom is -0.494 e. The van der Waals surface area contributed by atoms with Crippen LogP contribution in [0.5, 0.6) is 5.75 Å². The highest BCUT2D eigenvalue weighted by Gasteiger charge is 2.24. The van der Waals surface area contributed by atoms with E-state index >= 15 is 0 Å². The summed E-state index contributed by atoms with van der Waals surface area (Å²) in [6.07, 6.45) is 2.27. The fourth-order valence-corrected chi connectivity index (χ4v) is 2.26. The standard InChI is InChI=1S/C15H25NO/c1-5-9-15(4,11-16)13-7-8-14(17-6-2)12(3)10-13/h7-8,10H,5-6,9,11,16H2,1-4H3. The van der Waals surface area contributed by atoms with Crippen molar-refractivity contribution in [1.82, 2.24) is 0 Å². The van der Waals surface area contributed by atoms with Gasteiger partial charge in [-0.05, 0) is 37.5 Å². The smallest absolute Gasteiger partial charge is 0.122 e. The summed E-state index contributed by atoms with van der Waals surface area (Å²) >= 11 is 0. The van der Waals surface area contributed by atoms with E-state index in [4.69, 9.17) is 10.5 Å². The van der Waals surface area contributed by atoms with Crippen LogP contribution < -0.4 is 10.5 Å². The summed E-state index contributed by atoms with van der Waals surface area (Å²) in [6.45, 7) is 9.95. The van der Waals surface area contributed by atoms with Gasteiger partial charge in [-0.15, -0.1) is 0 Å². The molecule has 0 aliphatic carbocycles. The van der Waals surface area contributed by atoms with Crippen LogP contribution >= 0.6 is 0 Å². The summed E-state index contributed by atoms with van der Waals surface area (Å²) in [5.41, 5.74) is 8.54. The second-order valence-corrected chi connectivity index (χ2v) is 4.93. The summed E-state index contributed by atoms with van der Waals surface area (Å²) in [5, 5.41) is 0. The van der Waals surface area contributed by atoms with E-state index in [9.17, 15) is 0 Å². The third-order valence-corrected chi connectivity index (χ3v) is 3.42. The predicted molar refractivity (Wildman–Crippen MR) is 73.7 cm³/mol. The van der Waals surface area contributed by atoms with Crippen LogP contribution in [0.15, 0.2) is 18.2 Å². The van der Waals surface area contributed by atoms with Gasteiger partial charge in [-0.25, -0.2) is 0 Å². The first-order valence-electron chi connectivity index (χ1n) is 6.51. The highest BCUT2D eigenvalue weighted by atomic mass is 16.5. The number of nitrogens with two attached hydrogens (primary N) is 1. The molecule has 2 nitrogen and oxygen atoms in total. The summed E-state index contributed by atoms with van der Waals surface area (Å²) in [4.78, 5) is 0. The summed E-state index contributed by atoms with van der Waals surface area (Å²) < 4.78 is 5.57. The highest BCUT2D eigenvalue weighted by molar-refractivity contribution is 5.39. The zero-order valence-corrected chi connectivity index (χ0v) is 11.5. The van der Waals surface area contributed by atoms with Crippen LogP contribution in [0.25, 0.3) is 0 Å². The number of aryl methyl sites for hydroxylation is 1. The molecular formula is C15H25NO. The van der Waals surface area contributed by atoms with Crippen LogP contribution in [0.2, 0.25) is 0 Å². The molecule has 2 N–H and O–H groups in total. The minimum absolute atomic E-state index is 0.0876. The molecule has 0 heterocycles. The van der Waals surface area contributed by atoms with Crippen molar-refractivity contribution in [3.8, 4) is 5.75 Å². The molecule has 17 heavy (non-hydrogen) atoms. The van der Waals surface area contributed by atoms with Gasteiger partial charge < -0.3 is 10.5 Å². The van der Waals surface area contributed by atoms with Crippen molar-refractivity contribution in [3.63, 3.8) is 0 Å². The summed E-state index contributed by atoms with van der Waals surface area (Å²) in [6, 6.07) is 6.44. The zero-order chi connectivity index (χ0) is 12.9. The van der Waals surface area contributed by atoms with Crippen LogP contribution in [0.4, 0.5) is 0 Å². The van der Waals surface area contributed by atoms with Crippen molar-refractivity contribution in [2.45, 2.75) is 46.0 Å². The molecule has 0 saturated heterocycles. The topological polar surface area (TPSA) is 35.2 Å².